The van der Waals surface area contributed by atoms with Crippen LogP contribution in [0.5, 0.6) is 0 Å². The number of nitrogens with one attached hydrogen (secondary N) is 1. The maximum Gasteiger partial charge on any atom is 0.186 e. The molecule has 0 spiro atoms. The van der Waals surface area contributed by atoms with E-state index in [9.17, 15) is 5.26 Å². The number of aromatic nitrogens is 3. The Bertz CT molecular complexity index is 948. The van der Waals surface area contributed by atoms with Crippen molar-refractivity contribution in [3.8, 4) is 6.07 Å². The zero-order valence-electron chi connectivity index (χ0n) is 14.1. The van der Waals surface area contributed by atoms with Crippen molar-refractivity contribution in [3.05, 3.63) is 36.2 Å². The van der Waals surface area contributed by atoms with Gasteiger partial charge in [0.15, 0.2) is 10.9 Å². The average Bonchev–Trinajstić information content (AvgIpc) is 3.14. The number of anilines is 3. The molecule has 1 atom stereocenters. The SMILES string of the molecule is N#CC1CCCN(c2nc3ccnc(Nc4ccc(CO)cn4)c3s2)C1. The van der Waals surface area contributed by atoms with Crippen LogP contribution in [0.1, 0.15) is 18.4 Å². The molecule has 0 aromatic carbocycles. The third-order valence-corrected chi connectivity index (χ3v) is 5.56. The minimum Gasteiger partial charge on any atom is -0.392 e. The van der Waals surface area contributed by atoms with Gasteiger partial charge in [0.25, 0.3) is 0 Å². The number of piperidine rings is 1. The fourth-order valence-electron chi connectivity index (χ4n) is 3.04. The largest absolute Gasteiger partial charge is 0.392 e. The molecule has 0 aliphatic carbocycles. The lowest BCUT2D eigenvalue weighted by molar-refractivity contribution is 0.281. The van der Waals surface area contributed by atoms with Crippen LogP contribution in [-0.4, -0.2) is 33.1 Å². The number of aliphatic hydroxyl groups excluding tert-OH is 1. The lowest BCUT2D eigenvalue weighted by Gasteiger charge is -2.28. The van der Waals surface area contributed by atoms with Crippen LogP contribution < -0.4 is 10.2 Å². The summed E-state index contributed by atoms with van der Waals surface area (Å²) in [5.74, 6) is 1.45. The third kappa shape index (κ3) is 3.31. The van der Waals surface area contributed by atoms with Gasteiger partial charge < -0.3 is 15.3 Å². The Morgan fingerprint density at radius 2 is 2.27 bits per heavy atom. The predicted octanol–water partition coefficient (Wildman–Crippen LogP) is 3.06. The molecule has 3 aromatic rings. The van der Waals surface area contributed by atoms with Gasteiger partial charge in [0, 0.05) is 25.5 Å². The van der Waals surface area contributed by atoms with E-state index in [0.29, 0.717) is 11.6 Å². The van der Waals surface area contributed by atoms with Gasteiger partial charge in [0.2, 0.25) is 0 Å². The average molecular weight is 366 g/mol. The van der Waals surface area contributed by atoms with Gasteiger partial charge in [0.1, 0.15) is 5.82 Å². The number of aliphatic hydroxyl groups is 1. The van der Waals surface area contributed by atoms with Crippen molar-refractivity contribution in [3.63, 3.8) is 0 Å². The maximum atomic E-state index is 9.20. The summed E-state index contributed by atoms with van der Waals surface area (Å²) in [6, 6.07) is 7.91. The van der Waals surface area contributed by atoms with E-state index in [1.807, 2.05) is 18.2 Å². The molecule has 7 nitrogen and oxygen atoms in total. The van der Waals surface area contributed by atoms with Gasteiger partial charge in [-0.15, -0.1) is 0 Å². The van der Waals surface area contributed by atoms with E-state index >= 15 is 0 Å². The molecular formula is C18H18N6OS. The normalized spacial score (nSPS) is 17.2. The van der Waals surface area contributed by atoms with Crippen LogP contribution in [0.4, 0.5) is 16.8 Å². The van der Waals surface area contributed by atoms with Crippen LogP contribution in [0.15, 0.2) is 30.6 Å². The molecule has 1 aliphatic heterocycles. The van der Waals surface area contributed by atoms with Crippen LogP contribution in [0, 0.1) is 17.2 Å². The smallest absolute Gasteiger partial charge is 0.186 e. The van der Waals surface area contributed by atoms with Crippen LogP contribution >= 0.6 is 11.3 Å². The Morgan fingerprint density at radius 3 is 3.04 bits per heavy atom. The van der Waals surface area contributed by atoms with E-state index in [1.165, 1.54) is 0 Å². The highest BCUT2D eigenvalue weighted by Crippen LogP contribution is 2.35. The first-order chi connectivity index (χ1) is 12.8. The fraction of sp³-hybridized carbons (Fsp3) is 0.333. The second kappa shape index (κ2) is 7.23. The van der Waals surface area contributed by atoms with Crippen LogP contribution in [0.25, 0.3) is 10.2 Å². The lowest BCUT2D eigenvalue weighted by atomic mass is 10.0. The second-order valence-electron chi connectivity index (χ2n) is 6.25. The maximum absolute atomic E-state index is 9.20. The highest BCUT2D eigenvalue weighted by atomic mass is 32.1. The summed E-state index contributed by atoms with van der Waals surface area (Å²) in [6.45, 7) is 1.63. The summed E-state index contributed by atoms with van der Waals surface area (Å²) >= 11 is 1.58. The zero-order chi connectivity index (χ0) is 17.9. The summed E-state index contributed by atoms with van der Waals surface area (Å²) in [6.07, 6.45) is 5.33. The summed E-state index contributed by atoms with van der Waals surface area (Å²) in [7, 11) is 0. The number of hydrogen-bond donors (Lipinski definition) is 2. The summed E-state index contributed by atoms with van der Waals surface area (Å²) in [5.41, 5.74) is 1.65. The van der Waals surface area contributed by atoms with E-state index in [0.717, 1.165) is 46.8 Å². The van der Waals surface area contributed by atoms with E-state index in [2.05, 4.69) is 26.3 Å². The van der Waals surface area contributed by atoms with E-state index in [1.54, 1.807) is 23.7 Å². The summed E-state index contributed by atoms with van der Waals surface area (Å²) in [5, 5.41) is 22.5. The molecule has 0 radical (unpaired) electrons. The molecule has 3 aromatic heterocycles. The Kier molecular flexibility index (Phi) is 4.65. The van der Waals surface area contributed by atoms with E-state index < -0.39 is 0 Å². The molecule has 1 unspecified atom stereocenters. The first-order valence-corrected chi connectivity index (χ1v) is 9.31. The van der Waals surface area contributed by atoms with Gasteiger partial charge in [-0.05, 0) is 30.5 Å². The molecule has 0 amide bonds. The molecule has 132 valence electrons. The quantitative estimate of drug-likeness (QED) is 0.732. The van der Waals surface area contributed by atoms with Crippen LogP contribution in [-0.2, 0) is 6.61 Å². The molecule has 2 N–H and O–H groups in total. The first-order valence-electron chi connectivity index (χ1n) is 8.50. The first kappa shape index (κ1) is 16.7. The molecule has 1 fully saturated rings. The minimum absolute atomic E-state index is 0.0289. The zero-order valence-corrected chi connectivity index (χ0v) is 14.9. The van der Waals surface area contributed by atoms with Crippen molar-refractivity contribution in [2.24, 2.45) is 5.92 Å². The van der Waals surface area contributed by atoms with Gasteiger partial charge in [-0.2, -0.15) is 5.26 Å². The lowest BCUT2D eigenvalue weighted by Crippen LogP contribution is -2.34. The molecule has 0 bridgehead atoms. The minimum atomic E-state index is -0.0289. The van der Waals surface area contributed by atoms with Crippen LogP contribution in [0.2, 0.25) is 0 Å². The van der Waals surface area contributed by atoms with Gasteiger partial charge in [-0.3, -0.25) is 0 Å². The number of fused-ring (bicyclic) bond motifs is 1. The molecular weight excluding hydrogens is 348 g/mol. The highest BCUT2D eigenvalue weighted by Gasteiger charge is 2.22. The number of rotatable bonds is 4. The van der Waals surface area contributed by atoms with Gasteiger partial charge in [0.05, 0.1) is 28.8 Å². The standard InChI is InChI=1S/C18H18N6OS/c19-8-12-2-1-7-24(10-12)18-22-14-5-6-20-17(16(14)26-18)23-15-4-3-13(11-25)9-21-15/h3-6,9,12,25H,1-2,7,10-11H2,(H,20,21,23). The van der Waals surface area contributed by atoms with Crippen molar-refractivity contribution in [1.29, 1.82) is 5.26 Å². The van der Waals surface area contributed by atoms with Crippen molar-refractivity contribution < 1.29 is 5.11 Å². The van der Waals surface area contributed by atoms with Crippen molar-refractivity contribution in [1.82, 2.24) is 15.0 Å². The fourth-order valence-corrected chi connectivity index (χ4v) is 4.08. The Hall–Kier alpha value is -2.76. The third-order valence-electron chi connectivity index (χ3n) is 4.42. The van der Waals surface area contributed by atoms with Crippen LogP contribution in [0.3, 0.4) is 0 Å². The Balaban J connectivity index is 1.62. The topological polar surface area (TPSA) is 98.0 Å². The van der Waals surface area contributed by atoms with Gasteiger partial charge >= 0.3 is 0 Å². The van der Waals surface area contributed by atoms with Gasteiger partial charge in [-0.25, -0.2) is 15.0 Å². The number of pyridine rings is 2. The Labute approximate surface area is 155 Å². The molecule has 1 saturated heterocycles. The number of hydrogen-bond acceptors (Lipinski definition) is 8. The predicted molar refractivity (Wildman–Crippen MR) is 101 cm³/mol. The van der Waals surface area contributed by atoms with Crippen molar-refractivity contribution in [2.45, 2.75) is 19.4 Å². The summed E-state index contributed by atoms with van der Waals surface area (Å²) in [4.78, 5) is 15.7. The number of thiazole rings is 1. The van der Waals surface area contributed by atoms with E-state index in [4.69, 9.17) is 10.1 Å². The number of nitrogens with zero attached hydrogens (tertiary/aromatic N) is 5. The highest BCUT2D eigenvalue weighted by molar-refractivity contribution is 7.22. The van der Waals surface area contributed by atoms with Crippen molar-refractivity contribution in [2.75, 3.05) is 23.3 Å². The van der Waals surface area contributed by atoms with Crippen molar-refractivity contribution >= 4 is 38.3 Å². The van der Waals surface area contributed by atoms with E-state index in [-0.39, 0.29) is 12.5 Å². The Morgan fingerprint density at radius 1 is 1.35 bits per heavy atom. The number of nitriles is 1. The van der Waals surface area contributed by atoms with Gasteiger partial charge in [-0.1, -0.05) is 17.4 Å². The molecule has 8 heteroatoms. The molecule has 4 heterocycles. The summed E-state index contributed by atoms with van der Waals surface area (Å²) < 4.78 is 0.967. The molecule has 4 rings (SSSR count). The molecule has 1 aliphatic rings. The molecule has 0 saturated carbocycles. The molecule has 26 heavy (non-hydrogen) atoms. The second-order valence-corrected chi connectivity index (χ2v) is 7.23. The monoisotopic (exact) mass is 366 g/mol.